The van der Waals surface area contributed by atoms with Gasteiger partial charge in [0.25, 0.3) is 0 Å². The summed E-state index contributed by atoms with van der Waals surface area (Å²) < 4.78 is 37.7. The molecule has 7 rings (SSSR count). The average molecular weight is 609 g/mol. The molecule has 4 saturated heterocycles. The first-order valence-electron chi connectivity index (χ1n) is 15.0. The maximum atomic E-state index is 16.8. The number of piperazine rings is 1. The van der Waals surface area contributed by atoms with Gasteiger partial charge >= 0.3 is 6.01 Å². The Morgan fingerprint density at radius 2 is 1.91 bits per heavy atom. The molecule has 1 aromatic heterocycles. The molecule has 0 radical (unpaired) electrons. The summed E-state index contributed by atoms with van der Waals surface area (Å²) in [4.78, 5) is 18.2. The first-order valence-corrected chi connectivity index (χ1v) is 15.4. The van der Waals surface area contributed by atoms with Crippen LogP contribution in [0.3, 0.4) is 0 Å². The van der Waals surface area contributed by atoms with E-state index in [1.54, 1.807) is 6.92 Å². The van der Waals surface area contributed by atoms with Crippen molar-refractivity contribution in [1.29, 1.82) is 0 Å². The van der Waals surface area contributed by atoms with E-state index in [1.165, 1.54) is 24.3 Å². The predicted octanol–water partition coefficient (Wildman–Crippen LogP) is 5.88. The molecule has 4 aliphatic rings. The van der Waals surface area contributed by atoms with Crippen LogP contribution in [-0.4, -0.2) is 77.1 Å². The Morgan fingerprint density at radius 3 is 2.60 bits per heavy atom. The number of aromatic nitrogens is 2. The van der Waals surface area contributed by atoms with Gasteiger partial charge in [-0.3, -0.25) is 9.89 Å². The van der Waals surface area contributed by atoms with E-state index >= 15 is 4.39 Å². The van der Waals surface area contributed by atoms with E-state index in [1.807, 2.05) is 0 Å². The van der Waals surface area contributed by atoms with Crippen molar-refractivity contribution >= 4 is 46.4 Å². The highest BCUT2D eigenvalue weighted by Crippen LogP contribution is 2.42. The summed E-state index contributed by atoms with van der Waals surface area (Å²) >= 11 is 6.37. The molecular weight excluding hydrogens is 574 g/mol. The molecule has 2 bridgehead atoms. The largest absolute Gasteiger partial charge is 0.508 e. The fourth-order valence-electron chi connectivity index (χ4n) is 7.65. The molecular formula is C32H35ClF2N6O2. The summed E-state index contributed by atoms with van der Waals surface area (Å²) in [5, 5.41) is 14.6. The number of hydrogen-bond donors (Lipinski definition) is 2. The van der Waals surface area contributed by atoms with Crippen LogP contribution in [-0.2, 0) is 0 Å². The SMILES string of the molecule is C=N/C(=C(/F)c1nc(OCC23CCCN2CCC3)nc(N2CC3CCC(C2)N3)c1C)c1cc(O)cc2ccc(F)c(Cl)c12. The zero-order valence-electron chi connectivity index (χ0n) is 24.2. The highest BCUT2D eigenvalue weighted by atomic mass is 35.5. The Balaban J connectivity index is 1.35. The summed E-state index contributed by atoms with van der Waals surface area (Å²) in [6, 6.07) is 6.22. The molecule has 0 amide bonds. The van der Waals surface area contributed by atoms with Gasteiger partial charge in [-0.2, -0.15) is 9.97 Å². The van der Waals surface area contributed by atoms with Gasteiger partial charge in [0.05, 0.1) is 10.6 Å². The third kappa shape index (κ3) is 4.93. The van der Waals surface area contributed by atoms with Gasteiger partial charge < -0.3 is 20.1 Å². The summed E-state index contributed by atoms with van der Waals surface area (Å²) in [6.45, 7) is 9.46. The lowest BCUT2D eigenvalue weighted by Crippen LogP contribution is -2.51. The second-order valence-electron chi connectivity index (χ2n) is 12.3. The fraction of sp³-hybridized carbons (Fsp3) is 0.469. The van der Waals surface area contributed by atoms with Gasteiger partial charge in [-0.15, -0.1) is 0 Å². The van der Waals surface area contributed by atoms with E-state index in [-0.39, 0.29) is 44.7 Å². The lowest BCUT2D eigenvalue weighted by Gasteiger charge is -2.35. The summed E-state index contributed by atoms with van der Waals surface area (Å²) in [6.07, 6.45) is 6.54. The number of fused-ring (bicyclic) bond motifs is 4. The number of nitrogens with one attached hydrogen (secondary N) is 1. The standard InChI is InChI=1S/C32H35ClF2N6O2/c1-18-28(27(35)29(36-2)23-14-22(42)13-19-5-8-24(34)26(33)25(19)23)38-31(43-17-32-9-3-11-41(32)12-4-10-32)39-30(18)40-15-20-6-7-21(16-40)37-20/h5,8,13-14,20-21,37,42H,2-4,6-7,9-12,15-17H2,1H3/b29-27+. The van der Waals surface area contributed by atoms with Gasteiger partial charge in [-0.05, 0) is 88.8 Å². The number of aliphatic imine (C=N–C) groups is 1. The molecule has 0 aliphatic carbocycles. The molecule has 226 valence electrons. The van der Waals surface area contributed by atoms with Crippen LogP contribution in [0.5, 0.6) is 11.8 Å². The van der Waals surface area contributed by atoms with Crippen LogP contribution in [0, 0.1) is 12.7 Å². The minimum atomic E-state index is -0.784. The van der Waals surface area contributed by atoms with E-state index in [4.69, 9.17) is 21.3 Å². The van der Waals surface area contributed by atoms with Gasteiger partial charge in [0.15, 0.2) is 5.83 Å². The first kappa shape index (κ1) is 28.4. The molecule has 2 N–H and O–H groups in total. The lowest BCUT2D eigenvalue weighted by molar-refractivity contribution is 0.107. The third-order valence-electron chi connectivity index (χ3n) is 9.72. The zero-order chi connectivity index (χ0) is 29.9. The van der Waals surface area contributed by atoms with E-state index in [9.17, 15) is 9.50 Å². The number of rotatable bonds is 7. The van der Waals surface area contributed by atoms with Crippen molar-refractivity contribution in [3.63, 3.8) is 0 Å². The number of halogens is 3. The van der Waals surface area contributed by atoms with Crippen molar-refractivity contribution in [2.45, 2.75) is 63.1 Å². The van der Waals surface area contributed by atoms with E-state index in [0.717, 1.165) is 64.7 Å². The molecule has 2 unspecified atom stereocenters. The number of nitrogens with zero attached hydrogens (tertiary/aromatic N) is 5. The summed E-state index contributed by atoms with van der Waals surface area (Å²) in [5.41, 5.74) is 0.427. The van der Waals surface area contributed by atoms with Crippen molar-refractivity contribution in [2.75, 3.05) is 37.7 Å². The maximum absolute atomic E-state index is 16.8. The molecule has 2 aromatic carbocycles. The topological polar surface area (TPSA) is 86.1 Å². The minimum Gasteiger partial charge on any atom is -0.508 e. The van der Waals surface area contributed by atoms with Crippen LogP contribution >= 0.6 is 11.6 Å². The van der Waals surface area contributed by atoms with Crippen LogP contribution in [0.2, 0.25) is 5.02 Å². The number of benzene rings is 2. The monoisotopic (exact) mass is 608 g/mol. The van der Waals surface area contributed by atoms with Crippen LogP contribution in [0.25, 0.3) is 22.3 Å². The normalized spacial score (nSPS) is 23.5. The average Bonchev–Trinajstić information content (AvgIpc) is 3.68. The van der Waals surface area contributed by atoms with Gasteiger partial charge in [0, 0.05) is 41.7 Å². The van der Waals surface area contributed by atoms with Crippen molar-refractivity contribution in [3.8, 4) is 11.8 Å². The third-order valence-corrected chi connectivity index (χ3v) is 10.1. The minimum absolute atomic E-state index is 0.0181. The molecule has 4 fully saturated rings. The summed E-state index contributed by atoms with van der Waals surface area (Å²) in [5.74, 6) is -0.972. The quantitative estimate of drug-likeness (QED) is 0.324. The van der Waals surface area contributed by atoms with Crippen molar-refractivity contribution in [2.24, 2.45) is 4.99 Å². The molecule has 4 aliphatic heterocycles. The molecule has 11 heteroatoms. The van der Waals surface area contributed by atoms with Gasteiger partial charge in [0.1, 0.15) is 35.4 Å². The smallest absolute Gasteiger partial charge is 0.319 e. The van der Waals surface area contributed by atoms with Crippen molar-refractivity contribution in [1.82, 2.24) is 20.2 Å². The molecule has 0 spiro atoms. The number of aromatic hydroxyl groups is 1. The number of ether oxygens (including phenoxy) is 1. The second-order valence-corrected chi connectivity index (χ2v) is 12.7. The fourth-order valence-corrected chi connectivity index (χ4v) is 7.93. The number of phenolic OH excluding ortho intramolecular Hbond substituents is 1. The zero-order valence-corrected chi connectivity index (χ0v) is 24.9. The van der Waals surface area contributed by atoms with E-state index in [2.05, 4.69) is 31.8 Å². The highest BCUT2D eigenvalue weighted by molar-refractivity contribution is 6.36. The highest BCUT2D eigenvalue weighted by Gasteiger charge is 2.45. The Kier molecular flexibility index (Phi) is 7.26. The molecule has 43 heavy (non-hydrogen) atoms. The Morgan fingerprint density at radius 1 is 1.19 bits per heavy atom. The van der Waals surface area contributed by atoms with Crippen LogP contribution in [0.15, 0.2) is 29.3 Å². The van der Waals surface area contributed by atoms with Crippen LogP contribution in [0.4, 0.5) is 14.6 Å². The van der Waals surface area contributed by atoms with Gasteiger partial charge in [-0.25, -0.2) is 8.78 Å². The lowest BCUT2D eigenvalue weighted by atomic mass is 9.95. The van der Waals surface area contributed by atoms with E-state index < -0.39 is 11.6 Å². The van der Waals surface area contributed by atoms with Crippen molar-refractivity contribution in [3.05, 3.63) is 51.9 Å². The Bertz CT molecular complexity index is 1630. The van der Waals surface area contributed by atoms with E-state index in [0.29, 0.717) is 35.5 Å². The Hall–Kier alpha value is -3.34. The number of hydrogen-bond acceptors (Lipinski definition) is 8. The summed E-state index contributed by atoms with van der Waals surface area (Å²) in [7, 11) is 0. The molecule has 0 saturated carbocycles. The van der Waals surface area contributed by atoms with Gasteiger partial charge in [-0.1, -0.05) is 17.7 Å². The molecule has 5 heterocycles. The molecule has 8 nitrogen and oxygen atoms in total. The molecule has 3 aromatic rings. The van der Waals surface area contributed by atoms with Crippen LogP contribution in [0.1, 0.15) is 55.3 Å². The number of anilines is 1. The maximum Gasteiger partial charge on any atom is 0.319 e. The first-order chi connectivity index (χ1) is 20.8. The predicted molar refractivity (Wildman–Crippen MR) is 165 cm³/mol. The second kappa shape index (κ2) is 11.0. The van der Waals surface area contributed by atoms with Crippen molar-refractivity contribution < 1.29 is 18.6 Å². The van der Waals surface area contributed by atoms with Crippen LogP contribution < -0.4 is 15.0 Å². The molecule has 2 atom stereocenters. The van der Waals surface area contributed by atoms with Gasteiger partial charge in [0.2, 0.25) is 0 Å². The Labute approximate surface area is 254 Å². The number of phenols is 1.